The number of carbonyl (C=O) groups is 1. The molecule has 0 unspecified atom stereocenters. The van der Waals surface area contributed by atoms with Crippen molar-refractivity contribution in [3.05, 3.63) is 0 Å². The summed E-state index contributed by atoms with van der Waals surface area (Å²) < 4.78 is 4.83. The summed E-state index contributed by atoms with van der Waals surface area (Å²) in [5.74, 6) is -0.0991. The lowest BCUT2D eigenvalue weighted by molar-refractivity contribution is -0.142. The second-order valence-electron chi connectivity index (χ2n) is 4.07. The van der Waals surface area contributed by atoms with Crippen molar-refractivity contribution >= 4 is 5.97 Å². The molecule has 0 rings (SSSR count). The van der Waals surface area contributed by atoms with Crippen LogP contribution >= 0.6 is 0 Å². The number of nitrogens with one attached hydrogen (secondary N) is 1. The third-order valence-electron chi connectivity index (χ3n) is 2.52. The first-order valence-corrected chi connectivity index (χ1v) is 6.67. The molecule has 0 heterocycles. The van der Waals surface area contributed by atoms with Crippen molar-refractivity contribution < 1.29 is 9.53 Å². The van der Waals surface area contributed by atoms with Gasteiger partial charge in [-0.1, -0.05) is 39.0 Å². The first-order valence-electron chi connectivity index (χ1n) is 6.67. The molecule has 3 nitrogen and oxygen atoms in total. The Kier molecular flexibility index (Phi) is 12.1. The summed E-state index contributed by atoms with van der Waals surface area (Å²) in [6.45, 7) is 6.31. The van der Waals surface area contributed by atoms with E-state index >= 15 is 0 Å². The predicted octanol–water partition coefficient (Wildman–Crippen LogP) is 2.89. The van der Waals surface area contributed by atoms with Gasteiger partial charge in [-0.3, -0.25) is 4.79 Å². The Morgan fingerprint density at radius 1 is 1.00 bits per heavy atom. The van der Waals surface area contributed by atoms with E-state index in [2.05, 4.69) is 12.2 Å². The molecule has 0 atom stereocenters. The standard InChI is InChI=1S/C13H27NO2/c1-3-5-6-7-8-9-11-14-12-10-13(15)16-4-2/h14H,3-12H2,1-2H3. The molecule has 0 aromatic carbocycles. The highest BCUT2D eigenvalue weighted by Crippen LogP contribution is 2.03. The van der Waals surface area contributed by atoms with Crippen LogP contribution in [-0.4, -0.2) is 25.7 Å². The van der Waals surface area contributed by atoms with E-state index in [0.717, 1.165) is 13.1 Å². The van der Waals surface area contributed by atoms with Gasteiger partial charge in [0.1, 0.15) is 0 Å². The van der Waals surface area contributed by atoms with Crippen LogP contribution in [0.5, 0.6) is 0 Å². The maximum Gasteiger partial charge on any atom is 0.307 e. The molecule has 0 fully saturated rings. The zero-order valence-electron chi connectivity index (χ0n) is 10.9. The Morgan fingerprint density at radius 2 is 1.69 bits per heavy atom. The van der Waals surface area contributed by atoms with Crippen LogP contribution in [0, 0.1) is 0 Å². The molecule has 0 aromatic rings. The fourth-order valence-electron chi connectivity index (χ4n) is 1.58. The van der Waals surface area contributed by atoms with Crippen LogP contribution in [0.1, 0.15) is 58.8 Å². The number of esters is 1. The number of hydrogen-bond donors (Lipinski definition) is 1. The van der Waals surface area contributed by atoms with Crippen LogP contribution in [0.3, 0.4) is 0 Å². The zero-order valence-corrected chi connectivity index (χ0v) is 10.9. The highest BCUT2D eigenvalue weighted by Gasteiger charge is 1.99. The SMILES string of the molecule is CCCCCCCCNCCC(=O)OCC. The Morgan fingerprint density at radius 3 is 2.38 bits per heavy atom. The number of unbranched alkanes of at least 4 members (excludes halogenated alkanes) is 5. The number of rotatable bonds is 11. The van der Waals surface area contributed by atoms with Crippen molar-refractivity contribution in [2.75, 3.05) is 19.7 Å². The Labute approximate surface area is 99.9 Å². The van der Waals surface area contributed by atoms with Gasteiger partial charge < -0.3 is 10.1 Å². The second kappa shape index (κ2) is 12.5. The van der Waals surface area contributed by atoms with Crippen LogP contribution in [0.15, 0.2) is 0 Å². The predicted molar refractivity (Wildman–Crippen MR) is 67.5 cm³/mol. The van der Waals surface area contributed by atoms with E-state index in [9.17, 15) is 4.79 Å². The van der Waals surface area contributed by atoms with Gasteiger partial charge in [-0.15, -0.1) is 0 Å². The van der Waals surface area contributed by atoms with E-state index in [1.165, 1.54) is 38.5 Å². The molecule has 96 valence electrons. The lowest BCUT2D eigenvalue weighted by Crippen LogP contribution is -2.20. The van der Waals surface area contributed by atoms with E-state index in [1.54, 1.807) is 0 Å². The molecule has 0 amide bonds. The minimum absolute atomic E-state index is 0.0991. The monoisotopic (exact) mass is 229 g/mol. The van der Waals surface area contributed by atoms with Crippen molar-refractivity contribution in [2.24, 2.45) is 0 Å². The van der Waals surface area contributed by atoms with Crippen molar-refractivity contribution in [3.8, 4) is 0 Å². The Balaban J connectivity index is 3.01. The highest BCUT2D eigenvalue weighted by molar-refractivity contribution is 5.69. The largest absolute Gasteiger partial charge is 0.466 e. The molecular weight excluding hydrogens is 202 g/mol. The molecule has 0 aromatic heterocycles. The van der Waals surface area contributed by atoms with Crippen LogP contribution in [0.4, 0.5) is 0 Å². The van der Waals surface area contributed by atoms with Gasteiger partial charge in [-0.05, 0) is 19.9 Å². The van der Waals surface area contributed by atoms with Gasteiger partial charge in [0, 0.05) is 6.54 Å². The molecule has 0 saturated heterocycles. The maximum atomic E-state index is 11.0. The third-order valence-corrected chi connectivity index (χ3v) is 2.52. The number of ether oxygens (including phenoxy) is 1. The summed E-state index contributed by atoms with van der Waals surface area (Å²) in [7, 11) is 0. The van der Waals surface area contributed by atoms with Gasteiger partial charge in [-0.2, -0.15) is 0 Å². The lowest BCUT2D eigenvalue weighted by atomic mass is 10.1. The molecular formula is C13H27NO2. The van der Waals surface area contributed by atoms with E-state index in [-0.39, 0.29) is 5.97 Å². The van der Waals surface area contributed by atoms with Crippen LogP contribution < -0.4 is 5.32 Å². The van der Waals surface area contributed by atoms with Gasteiger partial charge in [0.25, 0.3) is 0 Å². The lowest BCUT2D eigenvalue weighted by Gasteiger charge is -2.04. The highest BCUT2D eigenvalue weighted by atomic mass is 16.5. The van der Waals surface area contributed by atoms with Crippen molar-refractivity contribution in [1.82, 2.24) is 5.32 Å². The van der Waals surface area contributed by atoms with Gasteiger partial charge in [0.05, 0.1) is 13.0 Å². The molecule has 0 bridgehead atoms. The van der Waals surface area contributed by atoms with E-state index in [0.29, 0.717) is 13.0 Å². The minimum Gasteiger partial charge on any atom is -0.466 e. The zero-order chi connectivity index (χ0) is 12.1. The van der Waals surface area contributed by atoms with Gasteiger partial charge in [0.2, 0.25) is 0 Å². The summed E-state index contributed by atoms with van der Waals surface area (Å²) in [6.07, 6.45) is 8.36. The summed E-state index contributed by atoms with van der Waals surface area (Å²) in [5, 5.41) is 3.26. The van der Waals surface area contributed by atoms with Gasteiger partial charge in [0.15, 0.2) is 0 Å². The summed E-state index contributed by atoms with van der Waals surface area (Å²) >= 11 is 0. The van der Waals surface area contributed by atoms with Crippen LogP contribution in [0.2, 0.25) is 0 Å². The molecule has 0 aliphatic carbocycles. The minimum atomic E-state index is -0.0991. The molecule has 3 heteroatoms. The maximum absolute atomic E-state index is 11.0. The first-order chi connectivity index (χ1) is 7.81. The van der Waals surface area contributed by atoms with E-state index in [4.69, 9.17) is 4.74 Å². The topological polar surface area (TPSA) is 38.3 Å². The van der Waals surface area contributed by atoms with E-state index in [1.807, 2.05) is 6.92 Å². The van der Waals surface area contributed by atoms with Gasteiger partial charge in [-0.25, -0.2) is 0 Å². The van der Waals surface area contributed by atoms with Crippen molar-refractivity contribution in [1.29, 1.82) is 0 Å². The molecule has 1 N–H and O–H groups in total. The Bertz CT molecular complexity index is 160. The molecule has 0 aliphatic heterocycles. The van der Waals surface area contributed by atoms with Crippen LogP contribution in [0.25, 0.3) is 0 Å². The smallest absolute Gasteiger partial charge is 0.307 e. The molecule has 0 spiro atoms. The number of hydrogen-bond acceptors (Lipinski definition) is 3. The van der Waals surface area contributed by atoms with Crippen molar-refractivity contribution in [3.63, 3.8) is 0 Å². The average molecular weight is 229 g/mol. The molecule has 0 saturated carbocycles. The first kappa shape index (κ1) is 15.4. The summed E-state index contributed by atoms with van der Waals surface area (Å²) in [6, 6.07) is 0. The quantitative estimate of drug-likeness (QED) is 0.437. The number of carbonyl (C=O) groups excluding carboxylic acids is 1. The normalized spacial score (nSPS) is 10.4. The van der Waals surface area contributed by atoms with Crippen LogP contribution in [-0.2, 0) is 9.53 Å². The molecule has 0 radical (unpaired) electrons. The van der Waals surface area contributed by atoms with Crippen molar-refractivity contribution in [2.45, 2.75) is 58.8 Å². The molecule has 0 aliphatic rings. The summed E-state index contributed by atoms with van der Waals surface area (Å²) in [4.78, 5) is 11.0. The average Bonchev–Trinajstić information content (AvgIpc) is 2.27. The second-order valence-corrected chi connectivity index (χ2v) is 4.07. The third kappa shape index (κ3) is 11.5. The van der Waals surface area contributed by atoms with E-state index < -0.39 is 0 Å². The van der Waals surface area contributed by atoms with Gasteiger partial charge >= 0.3 is 5.97 Å². The summed E-state index contributed by atoms with van der Waals surface area (Å²) in [5.41, 5.74) is 0. The Hall–Kier alpha value is -0.570. The fourth-order valence-corrected chi connectivity index (χ4v) is 1.58. The molecule has 16 heavy (non-hydrogen) atoms. The fraction of sp³-hybridized carbons (Fsp3) is 0.923.